The number of piperidine rings is 1. The summed E-state index contributed by atoms with van der Waals surface area (Å²) in [4.78, 5) is 24.4. The minimum atomic E-state index is 0.00730. The summed E-state index contributed by atoms with van der Waals surface area (Å²) >= 11 is 6.32. The van der Waals surface area contributed by atoms with E-state index >= 15 is 0 Å². The number of hydrogen-bond donors (Lipinski definition) is 1. The van der Waals surface area contributed by atoms with E-state index in [1.807, 2.05) is 49.1 Å². The molecule has 1 aliphatic rings. The lowest BCUT2D eigenvalue weighted by atomic mass is 10.0. The first-order valence-corrected chi connectivity index (χ1v) is 10.4. The highest BCUT2D eigenvalue weighted by molar-refractivity contribution is 6.31. The lowest BCUT2D eigenvalue weighted by Crippen LogP contribution is -2.42. The SMILES string of the molecule is Cc1ccc2c(Nc3ccc(C)c(Cl)c3)c(C(=O)N3CCCC[C@@H]3C)cnc2n1. The van der Waals surface area contributed by atoms with E-state index in [1.54, 1.807) is 6.20 Å². The molecular formula is C23H25ClN4O. The maximum atomic E-state index is 13.5. The molecule has 5 nitrogen and oxygen atoms in total. The standard InChI is InChI=1S/C23H25ClN4O/c1-14-7-9-17(12-20(14)24)27-21-18-10-8-15(2)26-22(18)25-13-19(21)23(29)28-11-5-4-6-16(28)3/h7-10,12-13,16H,4-6,11H2,1-3H3,(H,25,26,27)/t16-/m0/s1. The van der Waals surface area contributed by atoms with Crippen molar-refractivity contribution in [1.82, 2.24) is 14.9 Å². The highest BCUT2D eigenvalue weighted by Gasteiger charge is 2.27. The molecule has 1 aromatic carbocycles. The molecule has 4 rings (SSSR count). The van der Waals surface area contributed by atoms with Crippen molar-refractivity contribution in [2.75, 3.05) is 11.9 Å². The van der Waals surface area contributed by atoms with E-state index in [0.717, 1.165) is 53.8 Å². The van der Waals surface area contributed by atoms with Crippen LogP contribution in [0, 0.1) is 13.8 Å². The zero-order valence-corrected chi connectivity index (χ0v) is 17.8. The number of likely N-dealkylation sites (tertiary alicyclic amines) is 1. The minimum Gasteiger partial charge on any atom is -0.354 e. The summed E-state index contributed by atoms with van der Waals surface area (Å²) in [6.45, 7) is 6.79. The van der Waals surface area contributed by atoms with Crippen LogP contribution in [-0.2, 0) is 0 Å². The van der Waals surface area contributed by atoms with Gasteiger partial charge in [0.2, 0.25) is 0 Å². The van der Waals surface area contributed by atoms with Crippen molar-refractivity contribution in [3.05, 3.63) is 58.4 Å². The van der Waals surface area contributed by atoms with Crippen LogP contribution in [0.5, 0.6) is 0 Å². The number of rotatable bonds is 3. The predicted molar refractivity (Wildman–Crippen MR) is 118 cm³/mol. The van der Waals surface area contributed by atoms with Gasteiger partial charge in [0, 0.05) is 40.6 Å². The number of aromatic nitrogens is 2. The normalized spacial score (nSPS) is 16.8. The summed E-state index contributed by atoms with van der Waals surface area (Å²) < 4.78 is 0. The number of nitrogens with one attached hydrogen (secondary N) is 1. The van der Waals surface area contributed by atoms with Crippen LogP contribution in [0.2, 0.25) is 5.02 Å². The Balaban J connectivity index is 1.82. The molecule has 1 amide bonds. The summed E-state index contributed by atoms with van der Waals surface area (Å²) in [6, 6.07) is 9.94. The molecule has 0 spiro atoms. The second-order valence-corrected chi connectivity index (χ2v) is 8.21. The Morgan fingerprint density at radius 3 is 2.79 bits per heavy atom. The Bertz CT molecular complexity index is 1080. The molecule has 0 bridgehead atoms. The summed E-state index contributed by atoms with van der Waals surface area (Å²) in [5, 5.41) is 4.93. The number of carbonyl (C=O) groups is 1. The van der Waals surface area contributed by atoms with E-state index in [2.05, 4.69) is 22.2 Å². The van der Waals surface area contributed by atoms with Gasteiger partial charge < -0.3 is 10.2 Å². The number of aryl methyl sites for hydroxylation is 2. The fraction of sp³-hybridized carbons (Fsp3) is 0.348. The summed E-state index contributed by atoms with van der Waals surface area (Å²) in [5.74, 6) is 0.00730. The van der Waals surface area contributed by atoms with Crippen molar-refractivity contribution < 1.29 is 4.79 Å². The molecule has 0 saturated carbocycles. The number of amides is 1. The number of anilines is 2. The smallest absolute Gasteiger partial charge is 0.257 e. The number of halogens is 1. The number of carbonyl (C=O) groups excluding carboxylic acids is 1. The molecule has 0 unspecified atom stereocenters. The fourth-order valence-electron chi connectivity index (χ4n) is 3.84. The van der Waals surface area contributed by atoms with Gasteiger partial charge in [0.15, 0.2) is 5.65 Å². The van der Waals surface area contributed by atoms with Crippen molar-refractivity contribution in [2.24, 2.45) is 0 Å². The average molecular weight is 409 g/mol. The molecule has 1 N–H and O–H groups in total. The Labute approximate surface area is 176 Å². The number of benzene rings is 1. The number of fused-ring (bicyclic) bond motifs is 1. The third-order valence-electron chi connectivity index (χ3n) is 5.60. The van der Waals surface area contributed by atoms with Gasteiger partial charge in [-0.05, 0) is 69.9 Å². The maximum Gasteiger partial charge on any atom is 0.257 e. The molecule has 1 aliphatic heterocycles. The number of hydrogen-bond acceptors (Lipinski definition) is 4. The van der Waals surface area contributed by atoms with Gasteiger partial charge in [-0.25, -0.2) is 9.97 Å². The third kappa shape index (κ3) is 3.92. The van der Waals surface area contributed by atoms with Crippen LogP contribution in [0.15, 0.2) is 36.5 Å². The van der Waals surface area contributed by atoms with Gasteiger partial charge in [0.1, 0.15) is 0 Å². The van der Waals surface area contributed by atoms with Crippen LogP contribution in [0.3, 0.4) is 0 Å². The first-order valence-electron chi connectivity index (χ1n) is 10.0. The molecule has 3 aromatic rings. The van der Waals surface area contributed by atoms with E-state index in [4.69, 9.17) is 11.6 Å². The number of nitrogens with zero attached hydrogens (tertiary/aromatic N) is 3. The molecule has 1 atom stereocenters. The van der Waals surface area contributed by atoms with Crippen molar-refractivity contribution in [1.29, 1.82) is 0 Å². The Kier molecular flexibility index (Phi) is 5.41. The second-order valence-electron chi connectivity index (χ2n) is 7.80. The largest absolute Gasteiger partial charge is 0.354 e. The second kappa shape index (κ2) is 7.99. The topological polar surface area (TPSA) is 58.1 Å². The van der Waals surface area contributed by atoms with Crippen molar-refractivity contribution >= 4 is 39.9 Å². The van der Waals surface area contributed by atoms with Gasteiger partial charge in [-0.2, -0.15) is 0 Å². The summed E-state index contributed by atoms with van der Waals surface area (Å²) in [6.07, 6.45) is 4.88. The van der Waals surface area contributed by atoms with Crippen molar-refractivity contribution in [3.63, 3.8) is 0 Å². The van der Waals surface area contributed by atoms with E-state index in [-0.39, 0.29) is 11.9 Å². The molecule has 0 aliphatic carbocycles. The van der Waals surface area contributed by atoms with E-state index in [0.29, 0.717) is 16.2 Å². The molecule has 1 saturated heterocycles. The average Bonchev–Trinajstić information content (AvgIpc) is 2.70. The van der Waals surface area contributed by atoms with E-state index in [9.17, 15) is 4.79 Å². The quantitative estimate of drug-likeness (QED) is 0.607. The first kappa shape index (κ1) is 19.6. The maximum absolute atomic E-state index is 13.5. The highest BCUT2D eigenvalue weighted by Crippen LogP contribution is 2.32. The van der Waals surface area contributed by atoms with E-state index < -0.39 is 0 Å². The Hall–Kier alpha value is -2.66. The zero-order valence-electron chi connectivity index (χ0n) is 17.0. The highest BCUT2D eigenvalue weighted by atomic mass is 35.5. The van der Waals surface area contributed by atoms with Gasteiger partial charge >= 0.3 is 0 Å². The first-order chi connectivity index (χ1) is 13.9. The molecule has 150 valence electrons. The van der Waals surface area contributed by atoms with E-state index in [1.165, 1.54) is 0 Å². The van der Waals surface area contributed by atoms with Crippen LogP contribution in [-0.4, -0.2) is 33.4 Å². The molecule has 2 aromatic heterocycles. The van der Waals surface area contributed by atoms with Crippen LogP contribution < -0.4 is 5.32 Å². The molecule has 6 heteroatoms. The fourth-order valence-corrected chi connectivity index (χ4v) is 4.02. The van der Waals surface area contributed by atoms with Crippen LogP contribution in [0.25, 0.3) is 11.0 Å². The van der Waals surface area contributed by atoms with Gasteiger partial charge in [0.25, 0.3) is 5.91 Å². The van der Waals surface area contributed by atoms with Crippen LogP contribution >= 0.6 is 11.6 Å². The summed E-state index contributed by atoms with van der Waals surface area (Å²) in [7, 11) is 0. The zero-order chi connectivity index (χ0) is 20.5. The van der Waals surface area contributed by atoms with Crippen LogP contribution in [0.4, 0.5) is 11.4 Å². The number of pyridine rings is 2. The summed E-state index contributed by atoms with van der Waals surface area (Å²) in [5.41, 5.74) is 4.63. The minimum absolute atomic E-state index is 0.00730. The Morgan fingerprint density at radius 1 is 1.21 bits per heavy atom. The van der Waals surface area contributed by atoms with Gasteiger partial charge in [0.05, 0.1) is 11.3 Å². The lowest BCUT2D eigenvalue weighted by Gasteiger charge is -2.34. The lowest BCUT2D eigenvalue weighted by molar-refractivity contribution is 0.0636. The van der Waals surface area contributed by atoms with Crippen LogP contribution in [0.1, 0.15) is 47.8 Å². The predicted octanol–water partition coefficient (Wildman–Crippen LogP) is 5.66. The molecular weight excluding hydrogens is 384 g/mol. The van der Waals surface area contributed by atoms with Gasteiger partial charge in [-0.1, -0.05) is 17.7 Å². The molecule has 1 fully saturated rings. The Morgan fingerprint density at radius 2 is 2.03 bits per heavy atom. The van der Waals surface area contributed by atoms with Gasteiger partial charge in [-0.3, -0.25) is 4.79 Å². The molecule has 29 heavy (non-hydrogen) atoms. The van der Waals surface area contributed by atoms with Crippen molar-refractivity contribution in [2.45, 2.75) is 46.1 Å². The molecule has 0 radical (unpaired) electrons. The third-order valence-corrected chi connectivity index (χ3v) is 6.01. The monoisotopic (exact) mass is 408 g/mol. The molecule has 3 heterocycles. The van der Waals surface area contributed by atoms with Gasteiger partial charge in [-0.15, -0.1) is 0 Å². The van der Waals surface area contributed by atoms with Crippen molar-refractivity contribution in [3.8, 4) is 0 Å².